The molecule has 140 valence electrons. The highest BCUT2D eigenvalue weighted by molar-refractivity contribution is 9.10. The summed E-state index contributed by atoms with van der Waals surface area (Å²) < 4.78 is 11.8. The molecule has 0 fully saturated rings. The third kappa shape index (κ3) is 3.77. The van der Waals surface area contributed by atoms with E-state index >= 15 is 0 Å². The number of para-hydroxylation sites is 2. The third-order valence-corrected chi connectivity index (χ3v) is 4.83. The van der Waals surface area contributed by atoms with Crippen LogP contribution in [0.2, 0.25) is 0 Å². The van der Waals surface area contributed by atoms with Gasteiger partial charge in [0.2, 0.25) is 0 Å². The highest BCUT2D eigenvalue weighted by atomic mass is 79.9. The number of aromatic nitrogens is 2. The summed E-state index contributed by atoms with van der Waals surface area (Å²) in [5, 5.41) is 3.38. The summed E-state index contributed by atoms with van der Waals surface area (Å²) in [6, 6.07) is 21.4. The molecular formula is C22H18BrN3O2. The lowest BCUT2D eigenvalue weighted by Gasteiger charge is -2.14. The van der Waals surface area contributed by atoms with Crippen LogP contribution in [-0.2, 0) is 0 Å². The van der Waals surface area contributed by atoms with E-state index in [-0.39, 0.29) is 0 Å². The predicted molar refractivity (Wildman–Crippen MR) is 116 cm³/mol. The number of nitrogens with one attached hydrogen (secondary N) is 1. The Morgan fingerprint density at radius 1 is 0.786 bits per heavy atom. The van der Waals surface area contributed by atoms with Crippen LogP contribution in [-0.4, -0.2) is 24.2 Å². The van der Waals surface area contributed by atoms with E-state index in [0.717, 1.165) is 32.5 Å². The topological polar surface area (TPSA) is 56.3 Å². The molecule has 6 heteroatoms. The molecular weight excluding hydrogens is 418 g/mol. The molecule has 0 saturated carbocycles. The molecule has 1 heterocycles. The van der Waals surface area contributed by atoms with Gasteiger partial charge in [0.05, 0.1) is 25.3 Å². The summed E-state index contributed by atoms with van der Waals surface area (Å²) >= 11 is 3.48. The van der Waals surface area contributed by atoms with Gasteiger partial charge in [-0.3, -0.25) is 0 Å². The zero-order valence-electron chi connectivity index (χ0n) is 15.4. The normalized spacial score (nSPS) is 10.7. The molecule has 0 aliphatic heterocycles. The molecule has 0 aliphatic rings. The van der Waals surface area contributed by atoms with Crippen LogP contribution < -0.4 is 14.8 Å². The highest BCUT2D eigenvalue weighted by Crippen LogP contribution is 2.33. The molecule has 4 aromatic rings. The maximum atomic E-state index is 5.37. The van der Waals surface area contributed by atoms with Gasteiger partial charge in [0.1, 0.15) is 17.2 Å². The summed E-state index contributed by atoms with van der Waals surface area (Å²) in [5.74, 6) is 2.05. The average molecular weight is 436 g/mol. The van der Waals surface area contributed by atoms with Crippen molar-refractivity contribution < 1.29 is 9.47 Å². The van der Waals surface area contributed by atoms with Crippen LogP contribution in [0, 0.1) is 0 Å². The van der Waals surface area contributed by atoms with Crippen LogP contribution in [0.4, 0.5) is 11.5 Å². The number of ether oxygens (including phenoxy) is 2. The number of methoxy groups -OCH3 is 2. The van der Waals surface area contributed by atoms with E-state index in [1.807, 2.05) is 66.7 Å². The minimum absolute atomic E-state index is 0.663. The molecule has 1 aromatic heterocycles. The molecule has 0 unspecified atom stereocenters. The second-order valence-electron chi connectivity index (χ2n) is 6.14. The van der Waals surface area contributed by atoms with Crippen molar-refractivity contribution in [3.63, 3.8) is 0 Å². The van der Waals surface area contributed by atoms with Crippen molar-refractivity contribution in [2.45, 2.75) is 0 Å². The van der Waals surface area contributed by atoms with Gasteiger partial charge in [-0.15, -0.1) is 0 Å². The summed E-state index contributed by atoms with van der Waals surface area (Å²) in [7, 11) is 3.25. The summed E-state index contributed by atoms with van der Waals surface area (Å²) in [5.41, 5.74) is 4.21. The smallest absolute Gasteiger partial charge is 0.157 e. The van der Waals surface area contributed by atoms with Crippen LogP contribution in [0.5, 0.6) is 11.5 Å². The van der Waals surface area contributed by atoms with Crippen molar-refractivity contribution in [2.24, 2.45) is 0 Å². The van der Waals surface area contributed by atoms with Crippen molar-refractivity contribution >= 4 is 38.5 Å². The number of nitrogens with zero attached hydrogens (tertiary/aromatic N) is 2. The average Bonchev–Trinajstić information content (AvgIpc) is 2.73. The second kappa shape index (κ2) is 7.86. The van der Waals surface area contributed by atoms with Gasteiger partial charge in [0.15, 0.2) is 5.82 Å². The molecule has 0 spiro atoms. The number of rotatable bonds is 5. The van der Waals surface area contributed by atoms with Crippen molar-refractivity contribution in [3.05, 3.63) is 71.2 Å². The number of benzene rings is 3. The van der Waals surface area contributed by atoms with Crippen molar-refractivity contribution in [1.29, 1.82) is 0 Å². The summed E-state index contributed by atoms with van der Waals surface area (Å²) in [6.07, 6.45) is 0. The Morgan fingerprint density at radius 3 is 2.00 bits per heavy atom. The Balaban J connectivity index is 1.85. The molecule has 5 nitrogen and oxygen atoms in total. The molecule has 0 amide bonds. The lowest BCUT2D eigenvalue weighted by molar-refractivity contribution is 0.395. The molecule has 0 saturated heterocycles. The van der Waals surface area contributed by atoms with E-state index in [1.54, 1.807) is 14.2 Å². The molecule has 0 atom stereocenters. The zero-order chi connectivity index (χ0) is 19.5. The van der Waals surface area contributed by atoms with Crippen LogP contribution in [0.15, 0.2) is 71.2 Å². The van der Waals surface area contributed by atoms with Gasteiger partial charge in [0, 0.05) is 33.9 Å². The fraction of sp³-hybridized carbons (Fsp3) is 0.0909. The van der Waals surface area contributed by atoms with Crippen molar-refractivity contribution in [3.8, 4) is 22.8 Å². The molecule has 28 heavy (non-hydrogen) atoms. The Bertz CT molecular complexity index is 1110. The van der Waals surface area contributed by atoms with Gasteiger partial charge in [-0.1, -0.05) is 40.2 Å². The fourth-order valence-electron chi connectivity index (χ4n) is 2.91. The molecule has 0 radical (unpaired) electrons. The van der Waals surface area contributed by atoms with Gasteiger partial charge in [-0.25, -0.2) is 9.97 Å². The molecule has 3 aromatic carbocycles. The Kier molecular flexibility index (Phi) is 5.12. The van der Waals surface area contributed by atoms with E-state index in [2.05, 4.69) is 21.2 Å². The first-order chi connectivity index (χ1) is 13.7. The lowest BCUT2D eigenvalue weighted by atomic mass is 10.1. The van der Waals surface area contributed by atoms with Crippen molar-refractivity contribution in [2.75, 3.05) is 19.5 Å². The van der Waals surface area contributed by atoms with E-state index in [4.69, 9.17) is 19.4 Å². The van der Waals surface area contributed by atoms with E-state index in [0.29, 0.717) is 17.3 Å². The van der Waals surface area contributed by atoms with E-state index < -0.39 is 0 Å². The first kappa shape index (κ1) is 18.3. The van der Waals surface area contributed by atoms with Crippen LogP contribution in [0.3, 0.4) is 0 Å². The quantitative estimate of drug-likeness (QED) is 0.427. The van der Waals surface area contributed by atoms with Gasteiger partial charge in [0.25, 0.3) is 0 Å². The number of anilines is 2. The maximum absolute atomic E-state index is 5.37. The predicted octanol–water partition coefficient (Wildman–Crippen LogP) is 5.82. The second-order valence-corrected chi connectivity index (χ2v) is 7.06. The minimum atomic E-state index is 0.663. The van der Waals surface area contributed by atoms with Gasteiger partial charge < -0.3 is 14.8 Å². The SMILES string of the molecule is COc1cc(Nc2nc3ccccc3nc2-c2ccc(Br)cc2)cc(OC)c1. The van der Waals surface area contributed by atoms with Crippen LogP contribution in [0.25, 0.3) is 22.3 Å². The van der Waals surface area contributed by atoms with E-state index in [9.17, 15) is 0 Å². The zero-order valence-corrected chi connectivity index (χ0v) is 17.0. The number of hydrogen-bond acceptors (Lipinski definition) is 5. The highest BCUT2D eigenvalue weighted by Gasteiger charge is 2.13. The Labute approximate surface area is 171 Å². The lowest BCUT2D eigenvalue weighted by Crippen LogP contribution is -2.01. The maximum Gasteiger partial charge on any atom is 0.157 e. The first-order valence-electron chi connectivity index (χ1n) is 8.69. The Hall–Kier alpha value is -3.12. The summed E-state index contributed by atoms with van der Waals surface area (Å²) in [6.45, 7) is 0. The van der Waals surface area contributed by atoms with Gasteiger partial charge in [-0.2, -0.15) is 0 Å². The monoisotopic (exact) mass is 435 g/mol. The largest absolute Gasteiger partial charge is 0.497 e. The molecule has 1 N–H and O–H groups in total. The van der Waals surface area contributed by atoms with E-state index in [1.165, 1.54) is 0 Å². The first-order valence-corrected chi connectivity index (χ1v) is 9.48. The third-order valence-electron chi connectivity index (χ3n) is 4.30. The number of halogens is 1. The van der Waals surface area contributed by atoms with Crippen LogP contribution >= 0.6 is 15.9 Å². The van der Waals surface area contributed by atoms with Crippen LogP contribution in [0.1, 0.15) is 0 Å². The number of fused-ring (bicyclic) bond motifs is 1. The van der Waals surface area contributed by atoms with Gasteiger partial charge >= 0.3 is 0 Å². The number of hydrogen-bond donors (Lipinski definition) is 1. The standard InChI is InChI=1S/C22H18BrN3O2/c1-27-17-11-16(12-18(13-17)28-2)24-22-21(14-7-9-15(23)10-8-14)25-19-5-3-4-6-20(19)26-22/h3-13H,1-2H3,(H,24,26). The molecule has 4 rings (SSSR count). The van der Waals surface area contributed by atoms with Gasteiger partial charge in [-0.05, 0) is 24.3 Å². The Morgan fingerprint density at radius 2 is 1.39 bits per heavy atom. The minimum Gasteiger partial charge on any atom is -0.497 e. The fourth-order valence-corrected chi connectivity index (χ4v) is 3.18. The van der Waals surface area contributed by atoms with Crippen molar-refractivity contribution in [1.82, 2.24) is 9.97 Å². The summed E-state index contributed by atoms with van der Waals surface area (Å²) in [4.78, 5) is 9.67. The molecule has 0 bridgehead atoms. The molecule has 0 aliphatic carbocycles.